The molecular formula is C12H12F2N4O3. The fraction of sp³-hybridized carbons (Fsp3) is 0.333. The number of rotatable bonds is 6. The highest BCUT2D eigenvalue weighted by Gasteiger charge is 2.15. The van der Waals surface area contributed by atoms with Gasteiger partial charge in [-0.3, -0.25) is 4.79 Å². The second-order valence-corrected chi connectivity index (χ2v) is 4.01. The van der Waals surface area contributed by atoms with Gasteiger partial charge in [-0.05, 0) is 0 Å². The van der Waals surface area contributed by atoms with Gasteiger partial charge in [0, 0.05) is 13.2 Å². The molecule has 0 saturated heterocycles. The van der Waals surface area contributed by atoms with Gasteiger partial charge in [0.05, 0.1) is 25.8 Å². The van der Waals surface area contributed by atoms with E-state index >= 15 is 0 Å². The van der Waals surface area contributed by atoms with E-state index in [-0.39, 0.29) is 12.4 Å². The van der Waals surface area contributed by atoms with Crippen LogP contribution in [0.1, 0.15) is 22.2 Å². The molecule has 0 spiro atoms. The summed E-state index contributed by atoms with van der Waals surface area (Å²) in [5, 5.41) is 6.01. The average Bonchev–Trinajstić information content (AvgIpc) is 2.90. The summed E-state index contributed by atoms with van der Waals surface area (Å²) < 4.78 is 35.8. The van der Waals surface area contributed by atoms with E-state index in [1.165, 1.54) is 0 Å². The number of aromatic nitrogens is 3. The lowest BCUT2D eigenvalue weighted by atomic mass is 10.3. The normalized spacial score (nSPS) is 10.6. The van der Waals surface area contributed by atoms with Crippen LogP contribution in [0.25, 0.3) is 0 Å². The first-order chi connectivity index (χ1) is 10.1. The van der Waals surface area contributed by atoms with Crippen molar-refractivity contribution in [2.75, 3.05) is 13.7 Å². The Morgan fingerprint density at radius 2 is 2.29 bits per heavy atom. The van der Waals surface area contributed by atoms with Crippen LogP contribution in [0.5, 0.6) is 0 Å². The number of carbonyl (C=O) groups is 1. The lowest BCUT2D eigenvalue weighted by Gasteiger charge is -2.02. The molecule has 2 aromatic rings. The standard InChI is InChI=1S/C12H12F2N4O3/c1-20-3-2-10-17-9(18-21-10)6-16-12(19)11-8(14)4-7(13)5-15-11/h4-5H,2-3,6H2,1H3,(H,16,19). The molecule has 0 aliphatic heterocycles. The van der Waals surface area contributed by atoms with Crippen LogP contribution in [0, 0.1) is 11.6 Å². The number of pyridine rings is 1. The van der Waals surface area contributed by atoms with E-state index in [1.54, 1.807) is 7.11 Å². The zero-order chi connectivity index (χ0) is 15.2. The van der Waals surface area contributed by atoms with Crippen molar-refractivity contribution in [3.8, 4) is 0 Å². The predicted octanol–water partition coefficient (Wildman–Crippen LogP) is 0.862. The maximum Gasteiger partial charge on any atom is 0.273 e. The summed E-state index contributed by atoms with van der Waals surface area (Å²) in [5.74, 6) is -2.09. The second-order valence-electron chi connectivity index (χ2n) is 4.01. The Morgan fingerprint density at radius 3 is 3.00 bits per heavy atom. The minimum absolute atomic E-state index is 0.0617. The Labute approximate surface area is 118 Å². The van der Waals surface area contributed by atoms with E-state index in [1.807, 2.05) is 0 Å². The molecule has 0 bridgehead atoms. The molecule has 2 heterocycles. The van der Waals surface area contributed by atoms with Crippen LogP contribution in [0.15, 0.2) is 16.8 Å². The van der Waals surface area contributed by atoms with Crippen molar-refractivity contribution >= 4 is 5.91 Å². The highest BCUT2D eigenvalue weighted by molar-refractivity contribution is 5.92. The number of carbonyl (C=O) groups excluding carboxylic acids is 1. The number of methoxy groups -OCH3 is 1. The quantitative estimate of drug-likeness (QED) is 0.850. The lowest BCUT2D eigenvalue weighted by Crippen LogP contribution is -2.25. The third-order valence-corrected chi connectivity index (χ3v) is 2.46. The van der Waals surface area contributed by atoms with Crippen molar-refractivity contribution in [3.05, 3.63) is 41.3 Å². The predicted molar refractivity (Wildman–Crippen MR) is 65.2 cm³/mol. The summed E-state index contributed by atoms with van der Waals surface area (Å²) in [5.41, 5.74) is -0.500. The molecule has 7 nitrogen and oxygen atoms in total. The molecule has 21 heavy (non-hydrogen) atoms. The van der Waals surface area contributed by atoms with Crippen molar-refractivity contribution in [2.24, 2.45) is 0 Å². The van der Waals surface area contributed by atoms with Crippen molar-refractivity contribution < 1.29 is 22.8 Å². The number of amides is 1. The Hall–Kier alpha value is -2.42. The number of nitrogens with one attached hydrogen (secondary N) is 1. The van der Waals surface area contributed by atoms with Gasteiger partial charge in [-0.2, -0.15) is 4.98 Å². The number of nitrogens with zero attached hydrogens (tertiary/aromatic N) is 3. The first-order valence-corrected chi connectivity index (χ1v) is 6.00. The van der Waals surface area contributed by atoms with Crippen LogP contribution in [0.3, 0.4) is 0 Å². The zero-order valence-corrected chi connectivity index (χ0v) is 11.1. The van der Waals surface area contributed by atoms with Crippen LogP contribution in [-0.2, 0) is 17.7 Å². The molecule has 2 aromatic heterocycles. The Morgan fingerprint density at radius 1 is 1.48 bits per heavy atom. The fourth-order valence-electron chi connectivity index (χ4n) is 1.48. The first kappa shape index (κ1) is 15.0. The van der Waals surface area contributed by atoms with Crippen molar-refractivity contribution in [2.45, 2.75) is 13.0 Å². The molecule has 9 heteroatoms. The van der Waals surface area contributed by atoms with E-state index in [0.717, 1.165) is 6.20 Å². The second kappa shape index (κ2) is 6.84. The number of halogens is 2. The van der Waals surface area contributed by atoms with Gasteiger partial charge in [0.1, 0.15) is 5.82 Å². The minimum atomic E-state index is -1.04. The molecule has 0 aromatic carbocycles. The molecule has 1 amide bonds. The Kier molecular flexibility index (Phi) is 4.88. The van der Waals surface area contributed by atoms with Crippen molar-refractivity contribution in [1.82, 2.24) is 20.4 Å². The first-order valence-electron chi connectivity index (χ1n) is 6.00. The van der Waals surface area contributed by atoms with Crippen LogP contribution in [0.2, 0.25) is 0 Å². The highest BCUT2D eigenvalue weighted by Crippen LogP contribution is 2.06. The molecule has 0 saturated carbocycles. The van der Waals surface area contributed by atoms with Crippen molar-refractivity contribution in [1.29, 1.82) is 0 Å². The summed E-state index contributed by atoms with van der Waals surface area (Å²) in [4.78, 5) is 19.1. The average molecular weight is 298 g/mol. The summed E-state index contributed by atoms with van der Waals surface area (Å²) >= 11 is 0. The molecule has 0 radical (unpaired) electrons. The topological polar surface area (TPSA) is 90.1 Å². The molecule has 1 N–H and O–H groups in total. The molecule has 0 unspecified atom stereocenters. The van der Waals surface area contributed by atoms with E-state index in [4.69, 9.17) is 9.26 Å². The fourth-order valence-corrected chi connectivity index (χ4v) is 1.48. The largest absolute Gasteiger partial charge is 0.384 e. The molecule has 112 valence electrons. The van der Waals surface area contributed by atoms with Gasteiger partial charge in [-0.1, -0.05) is 5.16 Å². The number of hydrogen-bond donors (Lipinski definition) is 1. The third-order valence-electron chi connectivity index (χ3n) is 2.46. The van der Waals surface area contributed by atoms with Crippen LogP contribution in [0.4, 0.5) is 8.78 Å². The summed E-state index contributed by atoms with van der Waals surface area (Å²) in [6, 6.07) is 0.582. The summed E-state index contributed by atoms with van der Waals surface area (Å²) in [6.07, 6.45) is 1.21. The van der Waals surface area contributed by atoms with Gasteiger partial charge >= 0.3 is 0 Å². The van der Waals surface area contributed by atoms with Crippen LogP contribution in [-0.4, -0.2) is 34.7 Å². The van der Waals surface area contributed by atoms with Gasteiger partial charge < -0.3 is 14.6 Å². The molecule has 0 atom stereocenters. The third kappa shape index (κ3) is 4.02. The summed E-state index contributed by atoms with van der Waals surface area (Å²) in [6.45, 7) is 0.368. The van der Waals surface area contributed by atoms with Gasteiger partial charge in [0.15, 0.2) is 17.3 Å². The molecule has 0 fully saturated rings. The minimum Gasteiger partial charge on any atom is -0.384 e. The van der Waals surface area contributed by atoms with E-state index in [9.17, 15) is 13.6 Å². The molecule has 0 aliphatic rings. The van der Waals surface area contributed by atoms with Gasteiger partial charge in [0.2, 0.25) is 5.89 Å². The van der Waals surface area contributed by atoms with Crippen LogP contribution < -0.4 is 5.32 Å². The SMILES string of the molecule is COCCc1nc(CNC(=O)c2ncc(F)cc2F)no1. The molecule has 2 rings (SSSR count). The Balaban J connectivity index is 1.93. The van der Waals surface area contributed by atoms with E-state index in [0.29, 0.717) is 25.0 Å². The zero-order valence-electron chi connectivity index (χ0n) is 11.1. The molecular weight excluding hydrogens is 286 g/mol. The summed E-state index contributed by atoms with van der Waals surface area (Å²) in [7, 11) is 1.54. The Bertz CT molecular complexity index is 633. The van der Waals surface area contributed by atoms with Gasteiger partial charge in [-0.25, -0.2) is 13.8 Å². The number of hydrogen-bond acceptors (Lipinski definition) is 6. The maximum absolute atomic E-state index is 13.3. The number of ether oxygens (including phenoxy) is 1. The highest BCUT2D eigenvalue weighted by atomic mass is 19.1. The molecule has 0 aliphatic carbocycles. The van der Waals surface area contributed by atoms with Gasteiger partial charge in [0.25, 0.3) is 5.91 Å². The van der Waals surface area contributed by atoms with Gasteiger partial charge in [-0.15, -0.1) is 0 Å². The van der Waals surface area contributed by atoms with Crippen LogP contribution >= 0.6 is 0 Å². The van der Waals surface area contributed by atoms with E-state index < -0.39 is 23.2 Å². The lowest BCUT2D eigenvalue weighted by molar-refractivity contribution is 0.0940. The monoisotopic (exact) mass is 298 g/mol. The maximum atomic E-state index is 13.3. The van der Waals surface area contributed by atoms with Crippen molar-refractivity contribution in [3.63, 3.8) is 0 Å². The smallest absolute Gasteiger partial charge is 0.273 e. The van der Waals surface area contributed by atoms with E-state index in [2.05, 4.69) is 20.4 Å².